The van der Waals surface area contributed by atoms with Crippen LogP contribution >= 0.6 is 27.7 Å². The second-order valence-corrected chi connectivity index (χ2v) is 6.42. The van der Waals surface area contributed by atoms with Crippen molar-refractivity contribution in [2.24, 2.45) is 0 Å². The summed E-state index contributed by atoms with van der Waals surface area (Å²) in [5.41, 5.74) is 2.27. The van der Waals surface area contributed by atoms with E-state index in [1.165, 1.54) is 4.90 Å². The summed E-state index contributed by atoms with van der Waals surface area (Å²) >= 11 is 5.29. The third-order valence-electron chi connectivity index (χ3n) is 3.22. The summed E-state index contributed by atoms with van der Waals surface area (Å²) in [6.45, 7) is 1.95. The van der Waals surface area contributed by atoms with Crippen LogP contribution in [0.25, 0.3) is 0 Å². The van der Waals surface area contributed by atoms with Gasteiger partial charge in [0.25, 0.3) is 0 Å². The van der Waals surface area contributed by atoms with Gasteiger partial charge in [0.2, 0.25) is 0 Å². The van der Waals surface area contributed by atoms with Gasteiger partial charge in [-0.3, -0.25) is 0 Å². The van der Waals surface area contributed by atoms with Crippen molar-refractivity contribution >= 4 is 33.4 Å². The first-order valence-corrected chi connectivity index (χ1v) is 8.74. The number of thioether (sulfide) groups is 1. The summed E-state index contributed by atoms with van der Waals surface area (Å²) in [6.07, 6.45) is 2.08. The van der Waals surface area contributed by atoms with Gasteiger partial charge in [-0.25, -0.2) is 0 Å². The molecular weight excluding hydrogens is 350 g/mol. The second kappa shape index (κ2) is 6.62. The minimum absolute atomic E-state index is 0.602. The maximum absolute atomic E-state index is 5.65. The van der Waals surface area contributed by atoms with Gasteiger partial charge in [0.05, 0.1) is 4.47 Å². The summed E-state index contributed by atoms with van der Waals surface area (Å²) < 4.78 is 12.2. The number of benzene rings is 2. The molecule has 5 heteroatoms. The minimum Gasteiger partial charge on any atom is -0.486 e. The molecule has 0 aromatic heterocycles. The zero-order valence-corrected chi connectivity index (χ0v) is 14.1. The molecule has 0 spiro atoms. The Hall–Kier alpha value is -1.33. The van der Waals surface area contributed by atoms with Crippen LogP contribution in [0.4, 0.5) is 5.69 Å². The summed E-state index contributed by atoms with van der Waals surface area (Å²) in [5, 5.41) is 3.44. The van der Waals surface area contributed by atoms with E-state index in [1.807, 2.05) is 6.07 Å². The van der Waals surface area contributed by atoms with E-state index in [0.29, 0.717) is 13.2 Å². The lowest BCUT2D eigenvalue weighted by Gasteiger charge is -2.20. The predicted octanol–water partition coefficient (Wildman–Crippen LogP) is 4.55. The topological polar surface area (TPSA) is 30.5 Å². The molecular formula is C16H16BrNO2S. The maximum atomic E-state index is 5.65. The van der Waals surface area contributed by atoms with Gasteiger partial charge in [-0.05, 0) is 58.1 Å². The highest BCUT2D eigenvalue weighted by atomic mass is 79.9. The molecule has 2 aromatic rings. The third-order valence-corrected chi connectivity index (χ3v) is 4.54. The Morgan fingerprint density at radius 1 is 1.19 bits per heavy atom. The van der Waals surface area contributed by atoms with Gasteiger partial charge in [-0.15, -0.1) is 11.8 Å². The molecule has 0 saturated carbocycles. The molecule has 1 heterocycles. The number of rotatable bonds is 4. The minimum atomic E-state index is 0.602. The SMILES string of the molecule is CSc1cccc(NCc2cc(Br)c3c(c2)OCCO3)c1. The lowest BCUT2D eigenvalue weighted by atomic mass is 10.2. The van der Waals surface area contributed by atoms with Crippen LogP contribution in [0.5, 0.6) is 11.5 Å². The molecule has 0 saturated heterocycles. The molecule has 0 aliphatic carbocycles. The van der Waals surface area contributed by atoms with Crippen LogP contribution in [0.2, 0.25) is 0 Å². The molecule has 0 fully saturated rings. The normalized spacial score (nSPS) is 13.0. The zero-order chi connectivity index (χ0) is 14.7. The van der Waals surface area contributed by atoms with Crippen LogP contribution in [0, 0.1) is 0 Å². The van der Waals surface area contributed by atoms with Crippen molar-refractivity contribution in [2.45, 2.75) is 11.4 Å². The van der Waals surface area contributed by atoms with E-state index in [2.05, 4.69) is 57.8 Å². The van der Waals surface area contributed by atoms with Crippen LogP contribution in [0.1, 0.15) is 5.56 Å². The lowest BCUT2D eigenvalue weighted by Crippen LogP contribution is -2.16. The highest BCUT2D eigenvalue weighted by Gasteiger charge is 2.16. The average Bonchev–Trinajstić information content (AvgIpc) is 2.53. The third kappa shape index (κ3) is 3.47. The van der Waals surface area contributed by atoms with E-state index >= 15 is 0 Å². The van der Waals surface area contributed by atoms with Gasteiger partial charge in [0.15, 0.2) is 11.5 Å². The Kier molecular flexibility index (Phi) is 4.60. The van der Waals surface area contributed by atoms with Gasteiger partial charge in [0, 0.05) is 17.1 Å². The van der Waals surface area contributed by atoms with E-state index < -0.39 is 0 Å². The Morgan fingerprint density at radius 3 is 2.90 bits per heavy atom. The number of nitrogens with one attached hydrogen (secondary N) is 1. The van der Waals surface area contributed by atoms with E-state index in [1.54, 1.807) is 11.8 Å². The Balaban J connectivity index is 1.74. The molecule has 3 rings (SSSR count). The van der Waals surface area contributed by atoms with Crippen LogP contribution in [-0.2, 0) is 6.54 Å². The average molecular weight is 366 g/mol. The summed E-state index contributed by atoms with van der Waals surface area (Å²) in [5.74, 6) is 1.61. The number of ether oxygens (including phenoxy) is 2. The summed E-state index contributed by atoms with van der Waals surface area (Å²) in [6, 6.07) is 12.5. The molecule has 0 atom stereocenters. The van der Waals surface area contributed by atoms with Crippen molar-refractivity contribution < 1.29 is 9.47 Å². The van der Waals surface area contributed by atoms with E-state index in [0.717, 1.165) is 33.8 Å². The monoisotopic (exact) mass is 365 g/mol. The highest BCUT2D eigenvalue weighted by molar-refractivity contribution is 9.10. The fourth-order valence-electron chi connectivity index (χ4n) is 2.20. The van der Waals surface area contributed by atoms with Crippen molar-refractivity contribution in [2.75, 3.05) is 24.8 Å². The number of hydrogen-bond acceptors (Lipinski definition) is 4. The van der Waals surface area contributed by atoms with Crippen molar-refractivity contribution in [3.05, 3.63) is 46.4 Å². The highest BCUT2D eigenvalue weighted by Crippen LogP contribution is 2.38. The second-order valence-electron chi connectivity index (χ2n) is 4.69. The van der Waals surface area contributed by atoms with Crippen molar-refractivity contribution in [1.29, 1.82) is 0 Å². The van der Waals surface area contributed by atoms with E-state index in [9.17, 15) is 0 Å². The van der Waals surface area contributed by atoms with Crippen LogP contribution < -0.4 is 14.8 Å². The zero-order valence-electron chi connectivity index (χ0n) is 11.7. The van der Waals surface area contributed by atoms with Gasteiger partial charge >= 0.3 is 0 Å². The van der Waals surface area contributed by atoms with Gasteiger partial charge in [0.1, 0.15) is 13.2 Å². The number of fused-ring (bicyclic) bond motifs is 1. The molecule has 0 amide bonds. The van der Waals surface area contributed by atoms with Crippen LogP contribution in [-0.4, -0.2) is 19.5 Å². The van der Waals surface area contributed by atoms with Crippen molar-refractivity contribution in [3.8, 4) is 11.5 Å². The fraction of sp³-hybridized carbons (Fsp3) is 0.250. The first kappa shape index (κ1) is 14.6. The molecule has 1 N–H and O–H groups in total. The van der Waals surface area contributed by atoms with Gasteiger partial charge < -0.3 is 14.8 Å². The lowest BCUT2D eigenvalue weighted by molar-refractivity contribution is 0.170. The fourth-order valence-corrected chi connectivity index (χ4v) is 3.27. The molecule has 0 radical (unpaired) electrons. The molecule has 21 heavy (non-hydrogen) atoms. The molecule has 3 nitrogen and oxygen atoms in total. The van der Waals surface area contributed by atoms with Crippen LogP contribution in [0.3, 0.4) is 0 Å². The molecule has 2 aromatic carbocycles. The van der Waals surface area contributed by atoms with E-state index in [-0.39, 0.29) is 0 Å². The molecule has 0 bridgehead atoms. The van der Waals surface area contributed by atoms with Crippen molar-refractivity contribution in [3.63, 3.8) is 0 Å². The Morgan fingerprint density at radius 2 is 2.05 bits per heavy atom. The largest absolute Gasteiger partial charge is 0.486 e. The maximum Gasteiger partial charge on any atom is 0.175 e. The van der Waals surface area contributed by atoms with Crippen molar-refractivity contribution in [1.82, 2.24) is 0 Å². The number of anilines is 1. The number of hydrogen-bond donors (Lipinski definition) is 1. The molecule has 110 valence electrons. The summed E-state index contributed by atoms with van der Waals surface area (Å²) in [7, 11) is 0. The first-order chi connectivity index (χ1) is 10.3. The smallest absolute Gasteiger partial charge is 0.175 e. The predicted molar refractivity (Wildman–Crippen MR) is 90.7 cm³/mol. The molecule has 1 aliphatic rings. The van der Waals surface area contributed by atoms with Gasteiger partial charge in [-0.1, -0.05) is 6.07 Å². The number of halogens is 1. The first-order valence-electron chi connectivity index (χ1n) is 6.72. The van der Waals surface area contributed by atoms with E-state index in [4.69, 9.17) is 9.47 Å². The quantitative estimate of drug-likeness (QED) is 0.804. The standard InChI is InChI=1S/C16H16BrNO2S/c1-21-13-4-2-3-12(9-13)18-10-11-7-14(17)16-15(8-11)19-5-6-20-16/h2-4,7-9,18H,5-6,10H2,1H3. The molecule has 0 unspecified atom stereocenters. The summed E-state index contributed by atoms with van der Waals surface area (Å²) in [4.78, 5) is 1.25. The molecule has 1 aliphatic heterocycles. The van der Waals surface area contributed by atoms with Gasteiger partial charge in [-0.2, -0.15) is 0 Å². The Labute approximate surface area is 137 Å². The van der Waals surface area contributed by atoms with Crippen LogP contribution in [0.15, 0.2) is 45.8 Å². The Bertz CT molecular complexity index is 648.